The summed E-state index contributed by atoms with van der Waals surface area (Å²) in [6.07, 6.45) is 3.59. The molecule has 20 heavy (non-hydrogen) atoms. The maximum atomic E-state index is 12.8. The van der Waals surface area contributed by atoms with Crippen molar-refractivity contribution in [3.05, 3.63) is 11.8 Å². The van der Waals surface area contributed by atoms with Gasteiger partial charge in [0, 0.05) is 24.7 Å². The number of aromatic amines is 1. The van der Waals surface area contributed by atoms with Crippen molar-refractivity contribution in [3.8, 4) is 0 Å². The summed E-state index contributed by atoms with van der Waals surface area (Å²) >= 11 is 0. The molecule has 0 spiro atoms. The van der Waals surface area contributed by atoms with Gasteiger partial charge >= 0.3 is 0 Å². The van der Waals surface area contributed by atoms with Gasteiger partial charge in [0.25, 0.3) is 10.0 Å². The number of nitrogens with one attached hydrogen (secondary N) is 2. The van der Waals surface area contributed by atoms with Gasteiger partial charge in [0.2, 0.25) is 0 Å². The summed E-state index contributed by atoms with van der Waals surface area (Å²) in [5, 5.41) is 9.96. The molecular formula is C13H24N4O2S. The van der Waals surface area contributed by atoms with Crippen LogP contribution in [0.25, 0.3) is 0 Å². The third kappa shape index (κ3) is 2.89. The molecule has 2 N–H and O–H groups in total. The van der Waals surface area contributed by atoms with Gasteiger partial charge in [-0.15, -0.1) is 0 Å². The van der Waals surface area contributed by atoms with Crippen LogP contribution in [0.1, 0.15) is 39.2 Å². The van der Waals surface area contributed by atoms with Crippen LogP contribution in [0.5, 0.6) is 0 Å². The number of H-pyrrole nitrogens is 1. The van der Waals surface area contributed by atoms with Gasteiger partial charge in [-0.2, -0.15) is 9.40 Å². The highest BCUT2D eigenvalue weighted by Gasteiger charge is 2.36. The molecule has 1 fully saturated rings. The van der Waals surface area contributed by atoms with Crippen molar-refractivity contribution in [2.75, 3.05) is 13.1 Å². The molecule has 1 aliphatic heterocycles. The highest BCUT2D eigenvalue weighted by atomic mass is 32.2. The molecule has 1 aromatic heterocycles. The zero-order valence-corrected chi connectivity index (χ0v) is 13.2. The van der Waals surface area contributed by atoms with Gasteiger partial charge in [-0.3, -0.25) is 5.10 Å². The lowest BCUT2D eigenvalue weighted by atomic mass is 9.94. The second kappa shape index (κ2) is 6.24. The van der Waals surface area contributed by atoms with Gasteiger partial charge in [-0.05, 0) is 32.2 Å². The third-order valence-corrected chi connectivity index (χ3v) is 6.13. The van der Waals surface area contributed by atoms with E-state index in [9.17, 15) is 8.42 Å². The van der Waals surface area contributed by atoms with Crippen LogP contribution in [0.4, 0.5) is 0 Å². The van der Waals surface area contributed by atoms with Crippen molar-refractivity contribution in [2.24, 2.45) is 5.92 Å². The van der Waals surface area contributed by atoms with E-state index in [2.05, 4.69) is 22.4 Å². The van der Waals surface area contributed by atoms with E-state index in [1.165, 1.54) is 0 Å². The Morgan fingerprint density at radius 3 is 2.95 bits per heavy atom. The van der Waals surface area contributed by atoms with Crippen molar-refractivity contribution in [1.82, 2.24) is 19.8 Å². The summed E-state index contributed by atoms with van der Waals surface area (Å²) in [5.74, 6) is 0.388. The summed E-state index contributed by atoms with van der Waals surface area (Å²) in [4.78, 5) is 0. The molecule has 0 bridgehead atoms. The first-order chi connectivity index (χ1) is 9.48. The van der Waals surface area contributed by atoms with Gasteiger partial charge in [-0.25, -0.2) is 8.42 Å². The van der Waals surface area contributed by atoms with Crippen LogP contribution in [0.2, 0.25) is 0 Å². The lowest BCUT2D eigenvalue weighted by Crippen LogP contribution is -2.46. The Labute approximate surface area is 121 Å². The maximum absolute atomic E-state index is 12.8. The predicted molar refractivity (Wildman–Crippen MR) is 77.7 cm³/mol. The van der Waals surface area contributed by atoms with Crippen molar-refractivity contribution >= 4 is 10.0 Å². The molecule has 0 saturated carbocycles. The smallest absolute Gasteiger partial charge is 0.260 e. The molecule has 0 radical (unpaired) electrons. The summed E-state index contributed by atoms with van der Waals surface area (Å²) in [6, 6.07) is 0.0315. The first kappa shape index (κ1) is 15.5. The van der Waals surface area contributed by atoms with Gasteiger partial charge in [-0.1, -0.05) is 13.8 Å². The molecule has 1 saturated heterocycles. The molecule has 6 nitrogen and oxygen atoms in total. The van der Waals surface area contributed by atoms with E-state index < -0.39 is 10.0 Å². The number of hydrogen-bond acceptors (Lipinski definition) is 4. The lowest BCUT2D eigenvalue weighted by molar-refractivity contribution is 0.201. The topological polar surface area (TPSA) is 78.1 Å². The molecule has 2 unspecified atom stereocenters. The largest absolute Gasteiger partial charge is 0.313 e. The van der Waals surface area contributed by atoms with E-state index >= 15 is 0 Å². The molecular weight excluding hydrogens is 276 g/mol. The zero-order valence-electron chi connectivity index (χ0n) is 12.4. The SMILES string of the molecule is CCNCc1cn[nH]c1S(=O)(=O)N1CCCC(C)C1C. The number of nitrogens with zero attached hydrogens (tertiary/aromatic N) is 2. The van der Waals surface area contributed by atoms with Crippen LogP contribution in [0.15, 0.2) is 11.2 Å². The van der Waals surface area contributed by atoms with Crippen LogP contribution in [-0.2, 0) is 16.6 Å². The Morgan fingerprint density at radius 1 is 1.50 bits per heavy atom. The van der Waals surface area contributed by atoms with E-state index in [1.54, 1.807) is 10.5 Å². The summed E-state index contributed by atoms with van der Waals surface area (Å²) in [7, 11) is -3.49. The number of hydrogen-bond donors (Lipinski definition) is 2. The molecule has 7 heteroatoms. The number of rotatable bonds is 5. The van der Waals surface area contributed by atoms with Crippen LogP contribution in [0, 0.1) is 5.92 Å². The molecule has 1 aromatic rings. The standard InChI is InChI=1S/C13H24N4O2S/c1-4-14-8-12-9-15-16-13(12)20(18,19)17-7-5-6-10(2)11(17)3/h9-11,14H,4-8H2,1-3H3,(H,15,16). The van der Waals surface area contributed by atoms with Crippen molar-refractivity contribution < 1.29 is 8.42 Å². The Morgan fingerprint density at radius 2 is 2.25 bits per heavy atom. The number of piperidine rings is 1. The molecule has 1 aliphatic rings. The Kier molecular flexibility index (Phi) is 4.82. The van der Waals surface area contributed by atoms with Gasteiger partial charge < -0.3 is 5.32 Å². The summed E-state index contributed by atoms with van der Waals surface area (Å²) in [6.45, 7) is 7.98. The molecule has 0 amide bonds. The average Bonchev–Trinajstić information content (AvgIpc) is 2.88. The molecule has 2 atom stereocenters. The van der Waals surface area contributed by atoms with Crippen LogP contribution < -0.4 is 5.32 Å². The van der Waals surface area contributed by atoms with E-state index in [4.69, 9.17) is 0 Å². The number of sulfonamides is 1. The van der Waals surface area contributed by atoms with Crippen LogP contribution in [0.3, 0.4) is 0 Å². The molecule has 0 aliphatic carbocycles. The molecule has 0 aromatic carbocycles. The minimum Gasteiger partial charge on any atom is -0.313 e. The van der Waals surface area contributed by atoms with Crippen molar-refractivity contribution in [2.45, 2.75) is 51.2 Å². The molecule has 2 rings (SSSR count). The first-order valence-electron chi connectivity index (χ1n) is 7.23. The van der Waals surface area contributed by atoms with Crippen LogP contribution >= 0.6 is 0 Å². The van der Waals surface area contributed by atoms with E-state index in [0.29, 0.717) is 24.6 Å². The Balaban J connectivity index is 2.28. The molecule has 2 heterocycles. The highest BCUT2D eigenvalue weighted by Crippen LogP contribution is 2.29. The van der Waals surface area contributed by atoms with Gasteiger partial charge in [0.1, 0.15) is 0 Å². The third-order valence-electron chi connectivity index (χ3n) is 4.13. The normalized spacial score (nSPS) is 24.9. The van der Waals surface area contributed by atoms with Crippen molar-refractivity contribution in [3.63, 3.8) is 0 Å². The highest BCUT2D eigenvalue weighted by molar-refractivity contribution is 7.89. The Hall–Kier alpha value is -0.920. The van der Waals surface area contributed by atoms with E-state index in [1.807, 2.05) is 13.8 Å². The summed E-state index contributed by atoms with van der Waals surface area (Å²) < 4.78 is 27.2. The quantitative estimate of drug-likeness (QED) is 0.860. The fourth-order valence-corrected chi connectivity index (χ4v) is 4.54. The minimum absolute atomic E-state index is 0.0315. The molecule has 114 valence electrons. The maximum Gasteiger partial charge on any atom is 0.260 e. The van der Waals surface area contributed by atoms with Gasteiger partial charge in [0.05, 0.1) is 6.20 Å². The fourth-order valence-electron chi connectivity index (χ4n) is 2.66. The summed E-state index contributed by atoms with van der Waals surface area (Å²) in [5.41, 5.74) is 0.706. The monoisotopic (exact) mass is 300 g/mol. The number of aromatic nitrogens is 2. The first-order valence-corrected chi connectivity index (χ1v) is 8.67. The van der Waals surface area contributed by atoms with E-state index in [0.717, 1.165) is 19.4 Å². The van der Waals surface area contributed by atoms with Gasteiger partial charge in [0.15, 0.2) is 5.03 Å². The Bertz CT molecular complexity index is 540. The fraction of sp³-hybridized carbons (Fsp3) is 0.769. The minimum atomic E-state index is -3.49. The lowest BCUT2D eigenvalue weighted by Gasteiger charge is -2.36. The van der Waals surface area contributed by atoms with Crippen molar-refractivity contribution in [1.29, 1.82) is 0 Å². The second-order valence-corrected chi connectivity index (χ2v) is 7.31. The predicted octanol–water partition coefficient (Wildman–Crippen LogP) is 1.33. The van der Waals surface area contributed by atoms with Crippen LogP contribution in [-0.4, -0.2) is 42.1 Å². The van der Waals surface area contributed by atoms with E-state index in [-0.39, 0.29) is 11.1 Å². The zero-order chi connectivity index (χ0) is 14.8. The average molecular weight is 300 g/mol. The second-order valence-electron chi connectivity index (χ2n) is 5.48.